The number of nitrogen functional groups attached to an aromatic ring is 1. The lowest BCUT2D eigenvalue weighted by Gasteiger charge is -2.03. The molecule has 0 radical (unpaired) electrons. The molecule has 0 spiro atoms. The van der Waals surface area contributed by atoms with Crippen molar-refractivity contribution in [3.05, 3.63) is 46.8 Å². The maximum Gasteiger partial charge on any atom is 0.357 e. The van der Waals surface area contributed by atoms with E-state index in [1.165, 1.54) is 4.52 Å². The van der Waals surface area contributed by atoms with Gasteiger partial charge in [0.2, 0.25) is 11.5 Å². The fourth-order valence-electron chi connectivity index (χ4n) is 2.05. The number of fused-ring (bicyclic) bond motifs is 1. The van der Waals surface area contributed by atoms with Crippen LogP contribution < -0.4 is 10.5 Å². The molecule has 3 rings (SSSR count). The van der Waals surface area contributed by atoms with Gasteiger partial charge in [-0.2, -0.15) is 0 Å². The summed E-state index contributed by atoms with van der Waals surface area (Å²) >= 11 is 0. The summed E-state index contributed by atoms with van der Waals surface area (Å²) in [6.45, 7) is 0. The average Bonchev–Trinajstić information content (AvgIpc) is 2.82. The van der Waals surface area contributed by atoms with Gasteiger partial charge in [-0.15, -0.1) is 5.10 Å². The van der Waals surface area contributed by atoms with E-state index in [-0.39, 0.29) is 17.2 Å². The van der Waals surface area contributed by atoms with Gasteiger partial charge >= 0.3 is 5.69 Å². The standard InChI is InChI=1S/C13H11N5O3/c1-21-10-4-2-8(3-5-10)9-6-15-13-11(18(19)20)12(14)16-17(13)7-9/h2-7H,1H3,(H2,14,16). The van der Waals surface area contributed by atoms with Crippen molar-refractivity contribution in [3.63, 3.8) is 0 Å². The van der Waals surface area contributed by atoms with Gasteiger partial charge < -0.3 is 10.5 Å². The van der Waals surface area contributed by atoms with Crippen LogP contribution in [0.15, 0.2) is 36.7 Å². The van der Waals surface area contributed by atoms with Crippen LogP contribution in [0.2, 0.25) is 0 Å². The van der Waals surface area contributed by atoms with Gasteiger partial charge in [0.1, 0.15) is 5.75 Å². The lowest BCUT2D eigenvalue weighted by molar-refractivity contribution is -0.382. The molecule has 0 bridgehead atoms. The molecule has 2 aromatic heterocycles. The Labute approximate surface area is 118 Å². The molecule has 0 atom stereocenters. The molecule has 21 heavy (non-hydrogen) atoms. The molecule has 2 N–H and O–H groups in total. The van der Waals surface area contributed by atoms with E-state index in [9.17, 15) is 10.1 Å². The maximum absolute atomic E-state index is 10.9. The average molecular weight is 285 g/mol. The third-order valence-electron chi connectivity index (χ3n) is 3.08. The predicted molar refractivity (Wildman–Crippen MR) is 76.0 cm³/mol. The monoisotopic (exact) mass is 285 g/mol. The van der Waals surface area contributed by atoms with E-state index < -0.39 is 4.92 Å². The number of hydrogen-bond donors (Lipinski definition) is 1. The number of aromatic nitrogens is 3. The zero-order valence-corrected chi connectivity index (χ0v) is 11.1. The summed E-state index contributed by atoms with van der Waals surface area (Å²) in [7, 11) is 1.59. The van der Waals surface area contributed by atoms with E-state index in [2.05, 4.69) is 10.1 Å². The Hall–Kier alpha value is -3.16. The zero-order chi connectivity index (χ0) is 15.0. The number of benzene rings is 1. The van der Waals surface area contributed by atoms with Crippen molar-refractivity contribution in [2.24, 2.45) is 0 Å². The molecule has 2 heterocycles. The van der Waals surface area contributed by atoms with E-state index in [1.54, 1.807) is 19.5 Å². The van der Waals surface area contributed by atoms with Gasteiger partial charge in [0.15, 0.2) is 0 Å². The first-order valence-electron chi connectivity index (χ1n) is 6.03. The van der Waals surface area contributed by atoms with Crippen LogP contribution in [0.3, 0.4) is 0 Å². The number of rotatable bonds is 3. The van der Waals surface area contributed by atoms with Crippen LogP contribution in [-0.4, -0.2) is 26.6 Å². The maximum atomic E-state index is 10.9. The number of nitrogens with two attached hydrogens (primary N) is 1. The SMILES string of the molecule is COc1ccc(-c2cnc3c([N+](=O)[O-])c(N)nn3c2)cc1. The van der Waals surface area contributed by atoms with Gasteiger partial charge in [0, 0.05) is 18.0 Å². The minimum absolute atomic E-state index is 0.120. The Bertz CT molecular complexity index is 826. The molecule has 0 saturated heterocycles. The topological polar surface area (TPSA) is 109 Å². The summed E-state index contributed by atoms with van der Waals surface area (Å²) in [6, 6.07) is 7.37. The molecule has 106 valence electrons. The minimum Gasteiger partial charge on any atom is -0.497 e. The van der Waals surface area contributed by atoms with Gasteiger partial charge in [-0.25, -0.2) is 9.50 Å². The highest BCUT2D eigenvalue weighted by molar-refractivity contribution is 5.73. The Morgan fingerprint density at radius 1 is 1.29 bits per heavy atom. The second-order valence-corrected chi connectivity index (χ2v) is 4.33. The summed E-state index contributed by atoms with van der Waals surface area (Å²) < 4.78 is 6.41. The molecular weight excluding hydrogens is 274 g/mol. The predicted octanol–water partition coefficient (Wildman–Crippen LogP) is 1.90. The molecule has 0 fully saturated rings. The molecule has 3 aromatic rings. The van der Waals surface area contributed by atoms with Gasteiger partial charge in [-0.05, 0) is 17.7 Å². The number of hydrogen-bond acceptors (Lipinski definition) is 6. The van der Waals surface area contributed by atoms with Crippen LogP contribution in [-0.2, 0) is 0 Å². The second kappa shape index (κ2) is 4.75. The van der Waals surface area contributed by atoms with Crippen molar-refractivity contribution >= 4 is 17.2 Å². The highest BCUT2D eigenvalue weighted by Crippen LogP contribution is 2.27. The Morgan fingerprint density at radius 3 is 2.62 bits per heavy atom. The fraction of sp³-hybridized carbons (Fsp3) is 0.0769. The van der Waals surface area contributed by atoms with Crippen LogP contribution in [0.4, 0.5) is 11.5 Å². The summed E-state index contributed by atoms with van der Waals surface area (Å²) in [6.07, 6.45) is 3.19. The first kappa shape index (κ1) is 12.9. The highest BCUT2D eigenvalue weighted by Gasteiger charge is 2.22. The van der Waals surface area contributed by atoms with Crippen molar-refractivity contribution in [1.82, 2.24) is 14.6 Å². The van der Waals surface area contributed by atoms with Crippen LogP contribution >= 0.6 is 0 Å². The van der Waals surface area contributed by atoms with Crippen LogP contribution in [0.5, 0.6) is 5.75 Å². The number of ether oxygens (including phenoxy) is 1. The molecule has 0 amide bonds. The summed E-state index contributed by atoms with van der Waals surface area (Å²) in [5.74, 6) is 0.589. The lowest BCUT2D eigenvalue weighted by atomic mass is 10.1. The summed E-state index contributed by atoms with van der Waals surface area (Å²) in [5.41, 5.74) is 7.05. The Kier molecular flexibility index (Phi) is 2.90. The number of anilines is 1. The molecular formula is C13H11N5O3. The number of methoxy groups -OCH3 is 1. The second-order valence-electron chi connectivity index (χ2n) is 4.33. The van der Waals surface area contributed by atoms with E-state index in [1.807, 2.05) is 24.3 Å². The fourth-order valence-corrected chi connectivity index (χ4v) is 2.05. The summed E-state index contributed by atoms with van der Waals surface area (Å²) in [4.78, 5) is 14.4. The quantitative estimate of drug-likeness (QED) is 0.581. The zero-order valence-electron chi connectivity index (χ0n) is 11.1. The van der Waals surface area contributed by atoms with Crippen molar-refractivity contribution in [2.45, 2.75) is 0 Å². The van der Waals surface area contributed by atoms with Crippen molar-refractivity contribution < 1.29 is 9.66 Å². The van der Waals surface area contributed by atoms with E-state index in [4.69, 9.17) is 10.5 Å². The van der Waals surface area contributed by atoms with Gasteiger partial charge in [0.25, 0.3) is 0 Å². The first-order valence-corrected chi connectivity index (χ1v) is 6.03. The van der Waals surface area contributed by atoms with Gasteiger partial charge in [0.05, 0.1) is 12.0 Å². The van der Waals surface area contributed by atoms with Crippen molar-refractivity contribution in [1.29, 1.82) is 0 Å². The van der Waals surface area contributed by atoms with E-state index >= 15 is 0 Å². The van der Waals surface area contributed by atoms with Crippen LogP contribution in [0, 0.1) is 10.1 Å². The van der Waals surface area contributed by atoms with E-state index in [0.29, 0.717) is 0 Å². The molecule has 0 unspecified atom stereocenters. The number of nitrogens with zero attached hydrogens (tertiary/aromatic N) is 4. The molecule has 0 aliphatic carbocycles. The summed E-state index contributed by atoms with van der Waals surface area (Å²) in [5, 5.41) is 14.9. The third-order valence-corrected chi connectivity index (χ3v) is 3.08. The lowest BCUT2D eigenvalue weighted by Crippen LogP contribution is -1.94. The molecule has 8 heteroatoms. The smallest absolute Gasteiger partial charge is 0.357 e. The van der Waals surface area contributed by atoms with E-state index in [0.717, 1.165) is 16.9 Å². The van der Waals surface area contributed by atoms with Crippen LogP contribution in [0.1, 0.15) is 0 Å². The molecule has 8 nitrogen and oxygen atoms in total. The third kappa shape index (κ3) is 2.12. The van der Waals surface area contributed by atoms with Crippen molar-refractivity contribution in [3.8, 4) is 16.9 Å². The molecule has 0 aliphatic heterocycles. The van der Waals surface area contributed by atoms with Gasteiger partial charge in [-0.3, -0.25) is 10.1 Å². The Morgan fingerprint density at radius 2 is 2.00 bits per heavy atom. The minimum atomic E-state index is -0.586. The number of nitro groups is 1. The highest BCUT2D eigenvalue weighted by atomic mass is 16.6. The first-order chi connectivity index (χ1) is 10.1. The largest absolute Gasteiger partial charge is 0.497 e. The molecule has 0 saturated carbocycles. The van der Waals surface area contributed by atoms with Gasteiger partial charge in [-0.1, -0.05) is 12.1 Å². The van der Waals surface area contributed by atoms with Crippen molar-refractivity contribution in [2.75, 3.05) is 12.8 Å². The Balaban J connectivity index is 2.10. The normalized spacial score (nSPS) is 10.7. The molecule has 1 aromatic carbocycles. The molecule has 0 aliphatic rings. The van der Waals surface area contributed by atoms with Crippen LogP contribution in [0.25, 0.3) is 16.8 Å².